The van der Waals surface area contributed by atoms with Crippen LogP contribution in [0.3, 0.4) is 0 Å². The van der Waals surface area contributed by atoms with E-state index >= 15 is 0 Å². The van der Waals surface area contributed by atoms with Gasteiger partial charge < -0.3 is 10.8 Å². The number of carboxylic acid groups (broad SMARTS) is 1. The molecule has 0 aliphatic heterocycles. The number of rotatable bonds is 3. The predicted molar refractivity (Wildman–Crippen MR) is 46.1 cm³/mol. The van der Waals surface area contributed by atoms with Gasteiger partial charge in [0.15, 0.2) is 0 Å². The monoisotopic (exact) mass is 181 g/mol. The molecule has 0 fully saturated rings. The van der Waals surface area contributed by atoms with Gasteiger partial charge in [-0.3, -0.25) is 4.79 Å². The smallest absolute Gasteiger partial charge is 0.320 e. The third kappa shape index (κ3) is 2.79. The van der Waals surface area contributed by atoms with Crippen molar-refractivity contribution in [1.29, 1.82) is 0 Å². The van der Waals surface area contributed by atoms with Crippen molar-refractivity contribution >= 4 is 5.97 Å². The second-order valence-corrected chi connectivity index (χ2v) is 2.83. The molecule has 5 nitrogen and oxygen atoms in total. The first kappa shape index (κ1) is 9.60. The van der Waals surface area contributed by atoms with E-state index in [1.54, 1.807) is 12.4 Å². The lowest BCUT2D eigenvalue weighted by Gasteiger charge is -2.04. The molecule has 1 atom stereocenters. The van der Waals surface area contributed by atoms with Gasteiger partial charge in [0.2, 0.25) is 0 Å². The van der Waals surface area contributed by atoms with Gasteiger partial charge >= 0.3 is 5.97 Å². The standard InChI is InChI=1S/C8H11N3O2/c1-5-3-10-7(11-4-5)2-6(9)8(12)13/h3-4,6H,2,9H2,1H3,(H,12,13)/t6-/m1/s1. The van der Waals surface area contributed by atoms with Crippen LogP contribution in [0.15, 0.2) is 12.4 Å². The number of nitrogens with zero attached hydrogens (tertiary/aromatic N) is 2. The second-order valence-electron chi connectivity index (χ2n) is 2.83. The van der Waals surface area contributed by atoms with Crippen LogP contribution in [0, 0.1) is 6.92 Å². The number of aryl methyl sites for hydroxylation is 1. The molecule has 0 saturated carbocycles. The van der Waals surface area contributed by atoms with E-state index in [1.807, 2.05) is 6.92 Å². The van der Waals surface area contributed by atoms with Crippen LogP contribution in [0.4, 0.5) is 0 Å². The van der Waals surface area contributed by atoms with Gasteiger partial charge in [-0.25, -0.2) is 9.97 Å². The van der Waals surface area contributed by atoms with Gasteiger partial charge in [-0.05, 0) is 12.5 Å². The molecule has 1 aromatic rings. The Bertz CT molecular complexity index is 297. The van der Waals surface area contributed by atoms with Crippen LogP contribution in [0.2, 0.25) is 0 Å². The average molecular weight is 181 g/mol. The van der Waals surface area contributed by atoms with Gasteiger partial charge in [0.1, 0.15) is 11.9 Å². The molecule has 0 amide bonds. The van der Waals surface area contributed by atoms with E-state index < -0.39 is 12.0 Å². The van der Waals surface area contributed by atoms with Crippen molar-refractivity contribution in [2.24, 2.45) is 5.73 Å². The van der Waals surface area contributed by atoms with Gasteiger partial charge in [-0.1, -0.05) is 0 Å². The predicted octanol–water partition coefficient (Wildman–Crippen LogP) is -0.261. The van der Waals surface area contributed by atoms with E-state index in [1.165, 1.54) is 0 Å². The number of nitrogens with two attached hydrogens (primary N) is 1. The molecule has 5 heteroatoms. The Labute approximate surface area is 75.6 Å². The molecule has 1 aromatic heterocycles. The number of carboxylic acids is 1. The minimum Gasteiger partial charge on any atom is -0.480 e. The van der Waals surface area contributed by atoms with Gasteiger partial charge in [0, 0.05) is 18.8 Å². The third-order valence-corrected chi connectivity index (χ3v) is 1.55. The van der Waals surface area contributed by atoms with Crippen LogP contribution in [-0.2, 0) is 11.2 Å². The lowest BCUT2D eigenvalue weighted by molar-refractivity contribution is -0.138. The molecular weight excluding hydrogens is 170 g/mol. The summed E-state index contributed by atoms with van der Waals surface area (Å²) in [5, 5.41) is 8.52. The highest BCUT2D eigenvalue weighted by Gasteiger charge is 2.13. The maximum Gasteiger partial charge on any atom is 0.320 e. The van der Waals surface area contributed by atoms with E-state index in [2.05, 4.69) is 9.97 Å². The first-order chi connectivity index (χ1) is 6.09. The molecule has 0 aromatic carbocycles. The van der Waals surface area contributed by atoms with Crippen LogP contribution in [0.25, 0.3) is 0 Å². The fourth-order valence-electron chi connectivity index (χ4n) is 0.809. The Balaban J connectivity index is 2.64. The van der Waals surface area contributed by atoms with Crippen molar-refractivity contribution in [3.63, 3.8) is 0 Å². The zero-order valence-electron chi connectivity index (χ0n) is 7.27. The van der Waals surface area contributed by atoms with Gasteiger partial charge in [0.05, 0.1) is 0 Å². The van der Waals surface area contributed by atoms with Crippen LogP contribution in [-0.4, -0.2) is 27.1 Å². The Hall–Kier alpha value is -1.49. The molecule has 0 saturated heterocycles. The lowest BCUT2D eigenvalue weighted by atomic mass is 10.2. The summed E-state index contributed by atoms with van der Waals surface area (Å²) in [6.07, 6.45) is 3.43. The number of hydrogen-bond acceptors (Lipinski definition) is 4. The van der Waals surface area contributed by atoms with Crippen LogP contribution < -0.4 is 5.73 Å². The van der Waals surface area contributed by atoms with Crippen molar-refractivity contribution < 1.29 is 9.90 Å². The Morgan fingerprint density at radius 3 is 2.62 bits per heavy atom. The molecule has 0 spiro atoms. The number of aromatic nitrogens is 2. The van der Waals surface area contributed by atoms with Crippen molar-refractivity contribution in [2.75, 3.05) is 0 Å². The SMILES string of the molecule is Cc1cnc(C[C@@H](N)C(=O)O)nc1. The summed E-state index contributed by atoms with van der Waals surface area (Å²) in [5.41, 5.74) is 6.24. The summed E-state index contributed by atoms with van der Waals surface area (Å²) in [4.78, 5) is 18.3. The molecule has 0 aliphatic rings. The molecule has 70 valence electrons. The number of aliphatic carboxylic acids is 1. The summed E-state index contributed by atoms with van der Waals surface area (Å²) in [6.45, 7) is 1.86. The van der Waals surface area contributed by atoms with Crippen LogP contribution >= 0.6 is 0 Å². The van der Waals surface area contributed by atoms with E-state index in [4.69, 9.17) is 10.8 Å². The summed E-state index contributed by atoms with van der Waals surface area (Å²) >= 11 is 0. The third-order valence-electron chi connectivity index (χ3n) is 1.55. The van der Waals surface area contributed by atoms with Gasteiger partial charge in [0.25, 0.3) is 0 Å². The summed E-state index contributed by atoms with van der Waals surface area (Å²) in [7, 11) is 0. The fraction of sp³-hybridized carbons (Fsp3) is 0.375. The zero-order valence-corrected chi connectivity index (χ0v) is 7.27. The highest BCUT2D eigenvalue weighted by molar-refractivity contribution is 5.73. The summed E-state index contributed by atoms with van der Waals surface area (Å²) in [6, 6.07) is -0.928. The summed E-state index contributed by atoms with van der Waals surface area (Å²) in [5.74, 6) is -0.579. The first-order valence-electron chi connectivity index (χ1n) is 3.85. The molecule has 1 heterocycles. The Morgan fingerprint density at radius 1 is 1.62 bits per heavy atom. The largest absolute Gasteiger partial charge is 0.480 e. The van der Waals surface area contributed by atoms with Crippen molar-refractivity contribution in [3.8, 4) is 0 Å². The van der Waals surface area contributed by atoms with Gasteiger partial charge in [-0.2, -0.15) is 0 Å². The molecular formula is C8H11N3O2. The molecule has 0 aliphatic carbocycles. The Kier molecular flexibility index (Phi) is 2.92. The quantitative estimate of drug-likeness (QED) is 0.670. The molecule has 0 unspecified atom stereocenters. The molecule has 13 heavy (non-hydrogen) atoms. The fourth-order valence-corrected chi connectivity index (χ4v) is 0.809. The zero-order chi connectivity index (χ0) is 9.84. The molecule has 0 bridgehead atoms. The topological polar surface area (TPSA) is 89.1 Å². The van der Waals surface area contributed by atoms with Crippen LogP contribution in [0.5, 0.6) is 0 Å². The van der Waals surface area contributed by atoms with E-state index in [-0.39, 0.29) is 6.42 Å². The normalized spacial score (nSPS) is 12.5. The minimum atomic E-state index is -1.04. The van der Waals surface area contributed by atoms with E-state index in [0.717, 1.165) is 5.56 Å². The van der Waals surface area contributed by atoms with Gasteiger partial charge in [-0.15, -0.1) is 0 Å². The Morgan fingerprint density at radius 2 is 2.15 bits per heavy atom. The molecule has 3 N–H and O–H groups in total. The lowest BCUT2D eigenvalue weighted by Crippen LogP contribution is -2.32. The summed E-state index contributed by atoms with van der Waals surface area (Å²) < 4.78 is 0. The second kappa shape index (κ2) is 3.95. The van der Waals surface area contributed by atoms with Crippen molar-refractivity contribution in [2.45, 2.75) is 19.4 Å². The maximum absolute atomic E-state index is 10.4. The van der Waals surface area contributed by atoms with Crippen molar-refractivity contribution in [1.82, 2.24) is 9.97 Å². The van der Waals surface area contributed by atoms with Crippen LogP contribution in [0.1, 0.15) is 11.4 Å². The number of hydrogen-bond donors (Lipinski definition) is 2. The van der Waals surface area contributed by atoms with E-state index in [0.29, 0.717) is 5.82 Å². The minimum absolute atomic E-state index is 0.162. The van der Waals surface area contributed by atoms with Crippen molar-refractivity contribution in [3.05, 3.63) is 23.8 Å². The molecule has 1 rings (SSSR count). The highest BCUT2D eigenvalue weighted by Crippen LogP contribution is 1.96. The van der Waals surface area contributed by atoms with E-state index in [9.17, 15) is 4.79 Å². The first-order valence-corrected chi connectivity index (χ1v) is 3.85. The maximum atomic E-state index is 10.4. The molecule has 0 radical (unpaired) electrons. The number of carbonyl (C=O) groups is 1. The average Bonchev–Trinajstić information content (AvgIpc) is 2.08. The highest BCUT2D eigenvalue weighted by atomic mass is 16.4.